The van der Waals surface area contributed by atoms with Crippen LogP contribution < -0.4 is 0 Å². The highest BCUT2D eigenvalue weighted by Gasteiger charge is 2.30. The van der Waals surface area contributed by atoms with E-state index < -0.39 is 5.09 Å². The highest BCUT2D eigenvalue weighted by atomic mass is 16.9. The van der Waals surface area contributed by atoms with Gasteiger partial charge >= 0.3 is 0 Å². The molecule has 0 radical (unpaired) electrons. The number of ether oxygens (including phenoxy) is 1. The molecule has 0 N–H and O–H groups in total. The lowest BCUT2D eigenvalue weighted by Gasteiger charge is -2.32. The fourth-order valence-corrected chi connectivity index (χ4v) is 2.17. The van der Waals surface area contributed by atoms with Crippen LogP contribution in [0, 0.1) is 15.3 Å². The van der Waals surface area contributed by atoms with Crippen LogP contribution in [0.2, 0.25) is 0 Å². The fourth-order valence-electron chi connectivity index (χ4n) is 2.17. The molecule has 0 spiro atoms. The molecule has 1 saturated heterocycles. The zero-order chi connectivity index (χ0) is 11.7. The van der Waals surface area contributed by atoms with Crippen molar-refractivity contribution in [3.63, 3.8) is 0 Å². The Morgan fingerprint density at radius 3 is 2.13 bits per heavy atom. The van der Waals surface area contributed by atoms with Crippen LogP contribution in [0.4, 0.5) is 0 Å². The molecule has 0 aromatic carbocycles. The summed E-state index contributed by atoms with van der Waals surface area (Å²) in [5, 5.41) is 14.8. The molecule has 0 aliphatic carbocycles. The minimum absolute atomic E-state index is 0.924. The summed E-state index contributed by atoms with van der Waals surface area (Å²) < 4.78 is 6.47. The first-order chi connectivity index (χ1) is 7.06. The number of quaternary nitrogens is 1. The Kier molecular flexibility index (Phi) is 6.98. The molecule has 6 nitrogen and oxygen atoms in total. The molecular formula is C9H20N2O4. The van der Waals surface area contributed by atoms with Crippen LogP contribution in [0.3, 0.4) is 0 Å². The number of nitrogens with zero attached hydrogens (tertiary/aromatic N) is 2. The van der Waals surface area contributed by atoms with Gasteiger partial charge in [0, 0.05) is 20.0 Å². The molecule has 1 aliphatic rings. The maximum absolute atomic E-state index is 8.25. The summed E-state index contributed by atoms with van der Waals surface area (Å²) in [5.41, 5.74) is 0. The van der Waals surface area contributed by atoms with E-state index in [-0.39, 0.29) is 0 Å². The van der Waals surface area contributed by atoms with Crippen LogP contribution >= 0.6 is 0 Å². The van der Waals surface area contributed by atoms with Crippen molar-refractivity contribution in [2.75, 3.05) is 33.5 Å². The second kappa shape index (κ2) is 7.42. The van der Waals surface area contributed by atoms with Crippen LogP contribution in [0.15, 0.2) is 0 Å². The van der Waals surface area contributed by atoms with Gasteiger partial charge < -0.3 is 24.5 Å². The van der Waals surface area contributed by atoms with E-state index in [0.717, 1.165) is 6.73 Å². The van der Waals surface area contributed by atoms with Gasteiger partial charge in [0.05, 0.1) is 24.7 Å². The first kappa shape index (κ1) is 14.1. The number of hydrogen-bond donors (Lipinski definition) is 0. The van der Waals surface area contributed by atoms with E-state index in [1.807, 2.05) is 7.11 Å². The Bertz CT molecular complexity index is 169. The SMILES string of the molecule is CCC[N+]1(COC)CCCC1.O=[N+]([O-])[O-]. The van der Waals surface area contributed by atoms with E-state index in [1.54, 1.807) is 0 Å². The molecule has 0 amide bonds. The molecule has 1 heterocycles. The van der Waals surface area contributed by atoms with Gasteiger partial charge in [-0.3, -0.25) is 0 Å². The molecule has 0 bridgehead atoms. The summed E-state index contributed by atoms with van der Waals surface area (Å²) in [5.74, 6) is 0. The third-order valence-corrected chi connectivity index (χ3v) is 2.62. The number of methoxy groups -OCH3 is 1. The van der Waals surface area contributed by atoms with Gasteiger partial charge in [0.1, 0.15) is 0 Å². The molecule has 0 saturated carbocycles. The van der Waals surface area contributed by atoms with Crippen LogP contribution in [-0.2, 0) is 4.74 Å². The predicted molar refractivity (Wildman–Crippen MR) is 56.6 cm³/mol. The Hall–Kier alpha value is -0.880. The molecule has 0 aromatic heterocycles. The molecule has 1 fully saturated rings. The van der Waals surface area contributed by atoms with Crippen LogP contribution in [-0.4, -0.2) is 43.0 Å². The normalized spacial score (nSPS) is 18.0. The monoisotopic (exact) mass is 220 g/mol. The predicted octanol–water partition coefficient (Wildman–Crippen LogP) is 1.37. The highest BCUT2D eigenvalue weighted by molar-refractivity contribution is 4.51. The summed E-state index contributed by atoms with van der Waals surface area (Å²) in [6.07, 6.45) is 4.07. The average molecular weight is 220 g/mol. The summed E-state index contributed by atoms with van der Waals surface area (Å²) in [6, 6.07) is 0. The maximum atomic E-state index is 8.25. The molecular weight excluding hydrogens is 200 g/mol. The van der Waals surface area contributed by atoms with Gasteiger partial charge in [0.25, 0.3) is 0 Å². The molecule has 0 unspecified atom stereocenters. The van der Waals surface area contributed by atoms with E-state index in [0.29, 0.717) is 0 Å². The van der Waals surface area contributed by atoms with Crippen molar-refractivity contribution >= 4 is 0 Å². The Morgan fingerprint density at radius 1 is 1.33 bits per heavy atom. The zero-order valence-electron chi connectivity index (χ0n) is 9.48. The summed E-state index contributed by atoms with van der Waals surface area (Å²) in [7, 11) is 1.81. The lowest BCUT2D eigenvalue weighted by atomic mass is 10.4. The van der Waals surface area contributed by atoms with Crippen molar-refractivity contribution in [1.29, 1.82) is 0 Å². The summed E-state index contributed by atoms with van der Waals surface area (Å²) in [4.78, 5) is 8.25. The summed E-state index contributed by atoms with van der Waals surface area (Å²) >= 11 is 0. The largest absolute Gasteiger partial charge is 0.356 e. The maximum Gasteiger partial charge on any atom is 0.182 e. The zero-order valence-corrected chi connectivity index (χ0v) is 9.48. The third-order valence-electron chi connectivity index (χ3n) is 2.62. The molecule has 6 heteroatoms. The van der Waals surface area contributed by atoms with Crippen molar-refractivity contribution in [2.24, 2.45) is 0 Å². The lowest BCUT2D eigenvalue weighted by molar-refractivity contribution is -0.934. The van der Waals surface area contributed by atoms with E-state index in [9.17, 15) is 0 Å². The van der Waals surface area contributed by atoms with E-state index in [2.05, 4.69) is 6.92 Å². The second-order valence-corrected chi connectivity index (χ2v) is 3.86. The quantitative estimate of drug-likeness (QED) is 0.407. The topological polar surface area (TPSA) is 75.4 Å². The lowest BCUT2D eigenvalue weighted by Crippen LogP contribution is -2.47. The van der Waals surface area contributed by atoms with Crippen molar-refractivity contribution < 1.29 is 14.3 Å². The van der Waals surface area contributed by atoms with Crippen LogP contribution in [0.5, 0.6) is 0 Å². The van der Waals surface area contributed by atoms with Gasteiger partial charge in [0.15, 0.2) is 6.73 Å². The van der Waals surface area contributed by atoms with Gasteiger partial charge in [-0.15, -0.1) is 0 Å². The Balaban J connectivity index is 0.000000423. The average Bonchev–Trinajstić information content (AvgIpc) is 2.53. The van der Waals surface area contributed by atoms with Crippen molar-refractivity contribution in [2.45, 2.75) is 26.2 Å². The van der Waals surface area contributed by atoms with E-state index >= 15 is 0 Å². The first-order valence-electron chi connectivity index (χ1n) is 5.22. The highest BCUT2D eigenvalue weighted by Crippen LogP contribution is 2.19. The molecule has 0 atom stereocenters. The van der Waals surface area contributed by atoms with Crippen molar-refractivity contribution in [1.82, 2.24) is 0 Å². The summed E-state index contributed by atoms with van der Waals surface area (Å²) in [6.45, 7) is 7.15. The van der Waals surface area contributed by atoms with Crippen LogP contribution in [0.25, 0.3) is 0 Å². The van der Waals surface area contributed by atoms with Gasteiger partial charge in [-0.25, -0.2) is 0 Å². The van der Waals surface area contributed by atoms with Gasteiger partial charge in [-0.2, -0.15) is 0 Å². The Morgan fingerprint density at radius 2 is 1.80 bits per heavy atom. The minimum Gasteiger partial charge on any atom is -0.356 e. The standard InChI is InChI=1S/C9H20NO.NO3/c1-3-6-10(9-11-2)7-4-5-8-10;2-1(3)4/h3-9H2,1-2H3;/q+1;-1. The molecule has 15 heavy (non-hydrogen) atoms. The minimum atomic E-state index is -1.75. The van der Waals surface area contributed by atoms with Gasteiger partial charge in [-0.05, 0) is 6.42 Å². The molecule has 1 aliphatic heterocycles. The number of rotatable bonds is 4. The molecule has 90 valence electrons. The number of likely N-dealkylation sites (tertiary alicyclic amines) is 1. The van der Waals surface area contributed by atoms with Gasteiger partial charge in [-0.1, -0.05) is 6.92 Å². The fraction of sp³-hybridized carbons (Fsp3) is 1.00. The van der Waals surface area contributed by atoms with Crippen molar-refractivity contribution in [3.05, 3.63) is 15.3 Å². The second-order valence-electron chi connectivity index (χ2n) is 3.86. The Labute approximate surface area is 90.1 Å². The van der Waals surface area contributed by atoms with E-state index in [1.165, 1.54) is 43.4 Å². The van der Waals surface area contributed by atoms with Crippen molar-refractivity contribution in [3.8, 4) is 0 Å². The third kappa shape index (κ3) is 6.24. The smallest absolute Gasteiger partial charge is 0.182 e. The first-order valence-corrected chi connectivity index (χ1v) is 5.22. The van der Waals surface area contributed by atoms with Gasteiger partial charge in [0.2, 0.25) is 0 Å². The van der Waals surface area contributed by atoms with Crippen LogP contribution in [0.1, 0.15) is 26.2 Å². The van der Waals surface area contributed by atoms with E-state index in [4.69, 9.17) is 20.1 Å². The molecule has 1 rings (SSSR count). The molecule has 0 aromatic rings. The number of hydrogen-bond acceptors (Lipinski definition) is 4.